The first kappa shape index (κ1) is 38.0. The highest BCUT2D eigenvalue weighted by Crippen LogP contribution is 2.38. The Morgan fingerprint density at radius 1 is 0.872 bits per heavy atom. The van der Waals surface area contributed by atoms with E-state index in [4.69, 9.17) is 9.05 Å². The van der Waals surface area contributed by atoms with Gasteiger partial charge < -0.3 is 28.8 Å². The molecule has 0 fully saturated rings. The lowest BCUT2D eigenvalue weighted by Gasteiger charge is -2.29. The highest BCUT2D eigenvalue weighted by molar-refractivity contribution is 7.45. The summed E-state index contributed by atoms with van der Waals surface area (Å²) in [5.41, 5.74) is 0. The molecule has 0 aliphatic heterocycles. The number of carbonyl (C=O) groups is 1. The zero-order valence-electron chi connectivity index (χ0n) is 25.6. The molecule has 0 bridgehead atoms. The largest absolute Gasteiger partial charge is 0.756 e. The Hall–Kier alpha value is -1.02. The maximum atomic E-state index is 12.4. The van der Waals surface area contributed by atoms with Gasteiger partial charge in [0.05, 0.1) is 39.9 Å². The van der Waals surface area contributed by atoms with Gasteiger partial charge in [-0.05, 0) is 32.1 Å². The number of carbonyl (C=O) groups excluding carboxylic acids is 1. The van der Waals surface area contributed by atoms with Gasteiger partial charge in [0, 0.05) is 6.42 Å². The summed E-state index contributed by atoms with van der Waals surface area (Å²) in [6.45, 7) is 4.43. The number of nitrogens with one attached hydrogen (secondary N) is 1. The van der Waals surface area contributed by atoms with Crippen molar-refractivity contribution in [2.45, 2.75) is 122 Å². The Balaban J connectivity index is 4.63. The van der Waals surface area contributed by atoms with Crippen LogP contribution in [-0.2, 0) is 18.4 Å². The summed E-state index contributed by atoms with van der Waals surface area (Å²) in [6, 6.07) is -0.892. The number of hydrogen-bond acceptors (Lipinski definition) is 6. The predicted octanol–water partition coefficient (Wildman–Crippen LogP) is 6.04. The molecule has 3 unspecified atom stereocenters. The zero-order chi connectivity index (χ0) is 29.4. The number of aliphatic hydroxyl groups excluding tert-OH is 1. The quantitative estimate of drug-likeness (QED) is 0.0564. The van der Waals surface area contributed by atoms with Crippen molar-refractivity contribution >= 4 is 13.7 Å². The lowest BCUT2D eigenvalue weighted by atomic mass is 10.1. The molecule has 9 heteroatoms. The molecule has 1 amide bonds. The van der Waals surface area contributed by atoms with Crippen molar-refractivity contribution in [3.8, 4) is 0 Å². The molecule has 0 aromatic carbocycles. The molecule has 2 N–H and O–H groups in total. The number of unbranched alkanes of at least 4 members (excludes halogenated alkanes) is 11. The SMILES string of the molecule is CCCCCCCCC/C=C/CC/C=C/C(O)C(COP(=O)([O-])OCC[N+](C)(C)C)NC(=O)CCCCCC. The minimum atomic E-state index is -4.56. The van der Waals surface area contributed by atoms with Crippen LogP contribution in [0, 0.1) is 0 Å². The van der Waals surface area contributed by atoms with Gasteiger partial charge in [-0.15, -0.1) is 0 Å². The van der Waals surface area contributed by atoms with E-state index in [1.165, 1.54) is 44.9 Å². The third-order valence-corrected chi connectivity index (χ3v) is 7.38. The van der Waals surface area contributed by atoms with Gasteiger partial charge in [0.15, 0.2) is 0 Å². The van der Waals surface area contributed by atoms with Crippen LogP contribution in [0.1, 0.15) is 110 Å². The van der Waals surface area contributed by atoms with Gasteiger partial charge in [0.2, 0.25) is 5.91 Å². The second-order valence-corrected chi connectivity index (χ2v) is 12.9. The Bertz CT molecular complexity index is 708. The molecule has 0 rings (SSSR count). The Morgan fingerprint density at radius 3 is 2.08 bits per heavy atom. The van der Waals surface area contributed by atoms with Crippen LogP contribution >= 0.6 is 7.82 Å². The molecule has 0 aliphatic carbocycles. The molecular weight excluding hydrogens is 515 g/mol. The Kier molecular flexibility index (Phi) is 23.0. The first-order valence-corrected chi connectivity index (χ1v) is 16.7. The molecule has 0 aliphatic rings. The third-order valence-electron chi connectivity index (χ3n) is 6.41. The number of amides is 1. The van der Waals surface area contributed by atoms with E-state index in [0.29, 0.717) is 17.4 Å². The summed E-state index contributed by atoms with van der Waals surface area (Å²) >= 11 is 0. The highest BCUT2D eigenvalue weighted by Gasteiger charge is 2.23. The maximum Gasteiger partial charge on any atom is 0.268 e. The molecule has 3 atom stereocenters. The van der Waals surface area contributed by atoms with Crippen LogP contribution < -0.4 is 10.2 Å². The lowest BCUT2D eigenvalue weighted by molar-refractivity contribution is -0.870. The second kappa shape index (κ2) is 23.7. The van der Waals surface area contributed by atoms with Crippen LogP contribution in [0.25, 0.3) is 0 Å². The number of phosphoric acid groups is 1. The fourth-order valence-electron chi connectivity index (χ4n) is 3.87. The van der Waals surface area contributed by atoms with Crippen molar-refractivity contribution in [2.24, 2.45) is 0 Å². The van der Waals surface area contributed by atoms with Gasteiger partial charge in [-0.1, -0.05) is 95.9 Å². The first-order chi connectivity index (χ1) is 18.5. The lowest BCUT2D eigenvalue weighted by Crippen LogP contribution is -2.45. The van der Waals surface area contributed by atoms with Crippen LogP contribution in [0.15, 0.2) is 24.3 Å². The monoisotopic (exact) mass is 574 g/mol. The molecule has 0 saturated carbocycles. The van der Waals surface area contributed by atoms with E-state index in [2.05, 4.69) is 31.3 Å². The predicted molar refractivity (Wildman–Crippen MR) is 159 cm³/mol. The van der Waals surface area contributed by atoms with E-state index in [-0.39, 0.29) is 12.5 Å². The Morgan fingerprint density at radius 2 is 1.44 bits per heavy atom. The van der Waals surface area contributed by atoms with Gasteiger partial charge in [-0.2, -0.15) is 0 Å². The summed E-state index contributed by atoms with van der Waals surface area (Å²) in [4.78, 5) is 24.6. The van der Waals surface area contributed by atoms with Gasteiger partial charge in [-0.3, -0.25) is 9.36 Å². The topological polar surface area (TPSA) is 108 Å². The standard InChI is InChI=1S/C30H59N2O6P/c1-6-8-10-12-13-14-15-16-17-18-19-20-21-23-29(33)28(31-30(34)24-22-11-9-7-2)27-38-39(35,36)37-26-25-32(3,4)5/h17-18,21,23,28-29,33H,6-16,19-20,22,24-27H2,1-5H3,(H-,31,34,35,36)/b18-17+,23-21+. The average molecular weight is 575 g/mol. The van der Waals surface area contributed by atoms with E-state index in [0.717, 1.165) is 44.9 Å². The summed E-state index contributed by atoms with van der Waals surface area (Å²) in [5, 5.41) is 13.4. The molecule has 8 nitrogen and oxygen atoms in total. The molecule has 0 radical (unpaired) electrons. The number of hydrogen-bond donors (Lipinski definition) is 2. The van der Waals surface area contributed by atoms with Gasteiger partial charge in [0.1, 0.15) is 13.2 Å². The smallest absolute Gasteiger partial charge is 0.268 e. The Labute approximate surface area is 239 Å². The third kappa shape index (κ3) is 25.7. The van der Waals surface area contributed by atoms with Crippen molar-refractivity contribution in [3.63, 3.8) is 0 Å². The van der Waals surface area contributed by atoms with E-state index >= 15 is 0 Å². The minimum Gasteiger partial charge on any atom is -0.756 e. The number of quaternary nitrogens is 1. The molecule has 0 aromatic heterocycles. The molecule has 0 spiro atoms. The first-order valence-electron chi connectivity index (χ1n) is 15.2. The zero-order valence-corrected chi connectivity index (χ0v) is 26.5. The van der Waals surface area contributed by atoms with Crippen molar-refractivity contribution < 1.29 is 32.9 Å². The molecule has 39 heavy (non-hydrogen) atoms. The summed E-state index contributed by atoms with van der Waals surface area (Å²) < 4.78 is 22.8. The van der Waals surface area contributed by atoms with E-state index in [9.17, 15) is 19.4 Å². The highest BCUT2D eigenvalue weighted by atomic mass is 31.2. The number of likely N-dealkylation sites (N-methyl/N-ethyl adjacent to an activating group) is 1. The van der Waals surface area contributed by atoms with Crippen molar-refractivity contribution in [3.05, 3.63) is 24.3 Å². The molecule has 0 saturated heterocycles. The number of phosphoric ester groups is 1. The van der Waals surface area contributed by atoms with Crippen LogP contribution in [0.4, 0.5) is 0 Å². The number of nitrogens with zero attached hydrogens (tertiary/aromatic N) is 1. The molecular formula is C30H59N2O6P. The van der Waals surface area contributed by atoms with Crippen LogP contribution in [-0.4, -0.2) is 68.5 Å². The average Bonchev–Trinajstić information content (AvgIpc) is 2.86. The number of rotatable bonds is 26. The van der Waals surface area contributed by atoms with Crippen molar-refractivity contribution in [1.82, 2.24) is 5.32 Å². The fraction of sp³-hybridized carbons (Fsp3) is 0.833. The van der Waals surface area contributed by atoms with Crippen LogP contribution in [0.3, 0.4) is 0 Å². The summed E-state index contributed by atoms with van der Waals surface area (Å²) in [7, 11) is 1.23. The maximum absolute atomic E-state index is 12.4. The van der Waals surface area contributed by atoms with Gasteiger partial charge in [0.25, 0.3) is 7.82 Å². The van der Waals surface area contributed by atoms with Crippen molar-refractivity contribution in [1.29, 1.82) is 0 Å². The van der Waals surface area contributed by atoms with Crippen molar-refractivity contribution in [2.75, 3.05) is 40.9 Å². The molecule has 0 aromatic rings. The summed E-state index contributed by atoms with van der Waals surface area (Å²) in [5.74, 6) is -0.230. The van der Waals surface area contributed by atoms with E-state index in [1.807, 2.05) is 27.2 Å². The fourth-order valence-corrected chi connectivity index (χ4v) is 4.59. The van der Waals surface area contributed by atoms with E-state index < -0.39 is 26.6 Å². The molecule has 0 heterocycles. The number of allylic oxidation sites excluding steroid dienone is 3. The van der Waals surface area contributed by atoms with Gasteiger partial charge >= 0.3 is 0 Å². The number of aliphatic hydroxyl groups is 1. The summed E-state index contributed by atoms with van der Waals surface area (Å²) in [6.07, 6.45) is 22.8. The minimum absolute atomic E-state index is 0.00628. The van der Waals surface area contributed by atoms with Crippen LogP contribution in [0.2, 0.25) is 0 Å². The normalized spacial score (nSPS) is 15.6. The van der Waals surface area contributed by atoms with Gasteiger partial charge in [-0.25, -0.2) is 0 Å². The van der Waals surface area contributed by atoms with E-state index in [1.54, 1.807) is 6.08 Å². The second-order valence-electron chi connectivity index (χ2n) is 11.5. The van der Waals surface area contributed by atoms with Crippen LogP contribution in [0.5, 0.6) is 0 Å². The molecule has 230 valence electrons.